The number of carbonyl (C=O) groups is 2. The monoisotopic (exact) mass is 344 g/mol. The van der Waals surface area contributed by atoms with Crippen molar-refractivity contribution in [2.24, 2.45) is 0 Å². The van der Waals surface area contributed by atoms with Crippen molar-refractivity contribution in [3.05, 3.63) is 35.5 Å². The molecule has 0 radical (unpaired) electrons. The lowest BCUT2D eigenvalue weighted by molar-refractivity contribution is -0.140. The van der Waals surface area contributed by atoms with Crippen LogP contribution in [0.3, 0.4) is 0 Å². The van der Waals surface area contributed by atoms with Gasteiger partial charge in [0.15, 0.2) is 0 Å². The summed E-state index contributed by atoms with van der Waals surface area (Å²) in [6, 6.07) is 7.77. The van der Waals surface area contributed by atoms with Crippen LogP contribution in [0, 0.1) is 0 Å². The van der Waals surface area contributed by atoms with Gasteiger partial charge in [-0.15, -0.1) is 0 Å². The maximum absolute atomic E-state index is 11.6. The number of hydrogen-bond donors (Lipinski definition) is 4. The topological polar surface area (TPSA) is 102 Å². The van der Waals surface area contributed by atoms with Gasteiger partial charge in [-0.25, -0.2) is 0 Å². The van der Waals surface area contributed by atoms with Crippen molar-refractivity contribution in [3.63, 3.8) is 0 Å². The van der Waals surface area contributed by atoms with Gasteiger partial charge in [-0.1, -0.05) is 37.5 Å². The average molecular weight is 344 g/mol. The largest absolute Gasteiger partial charge is 0.481 e. The number of hydrogen-bond acceptors (Lipinski definition) is 3. The molecule has 134 valence electrons. The second-order valence-corrected chi connectivity index (χ2v) is 6.93. The molecule has 1 aromatic carbocycles. The summed E-state index contributed by atoms with van der Waals surface area (Å²) in [5.41, 5.74) is 3.40. The molecule has 2 aliphatic rings. The van der Waals surface area contributed by atoms with Crippen molar-refractivity contribution in [1.29, 1.82) is 0 Å². The SMILES string of the molecule is CC(=O)O.O=C(O)C1Cc2c([nH]c3ccccc23)C2(CCCCC2)N1. The Kier molecular flexibility index (Phi) is 4.81. The van der Waals surface area contributed by atoms with Crippen LogP contribution in [0.5, 0.6) is 0 Å². The summed E-state index contributed by atoms with van der Waals surface area (Å²) in [7, 11) is 0. The number of benzene rings is 1. The van der Waals surface area contributed by atoms with Crippen LogP contribution in [-0.2, 0) is 21.5 Å². The lowest BCUT2D eigenvalue weighted by atomic mass is 9.74. The summed E-state index contributed by atoms with van der Waals surface area (Å²) in [5.74, 6) is -1.57. The molecule has 2 heterocycles. The van der Waals surface area contributed by atoms with E-state index in [0.717, 1.165) is 38.1 Å². The molecule has 1 spiro atoms. The third kappa shape index (κ3) is 3.39. The highest BCUT2D eigenvalue weighted by Crippen LogP contribution is 2.43. The number of aromatic nitrogens is 1. The van der Waals surface area contributed by atoms with E-state index < -0.39 is 18.0 Å². The van der Waals surface area contributed by atoms with Gasteiger partial charge >= 0.3 is 5.97 Å². The normalized spacial score (nSPS) is 21.2. The van der Waals surface area contributed by atoms with E-state index in [2.05, 4.69) is 22.4 Å². The second-order valence-electron chi connectivity index (χ2n) is 6.93. The first-order chi connectivity index (χ1) is 11.9. The first-order valence-electron chi connectivity index (χ1n) is 8.73. The third-order valence-electron chi connectivity index (χ3n) is 5.16. The number of rotatable bonds is 1. The number of aliphatic carboxylic acids is 2. The molecule has 1 aliphatic carbocycles. The summed E-state index contributed by atoms with van der Waals surface area (Å²) < 4.78 is 0. The smallest absolute Gasteiger partial charge is 0.321 e. The number of H-pyrrole nitrogens is 1. The molecular weight excluding hydrogens is 320 g/mol. The van der Waals surface area contributed by atoms with Gasteiger partial charge in [-0.3, -0.25) is 14.9 Å². The van der Waals surface area contributed by atoms with Crippen LogP contribution in [0.2, 0.25) is 0 Å². The Bertz CT molecular complexity index is 786. The molecule has 1 atom stereocenters. The molecule has 4 rings (SSSR count). The zero-order chi connectivity index (χ0) is 18.0. The van der Waals surface area contributed by atoms with Crippen molar-refractivity contribution in [2.45, 2.75) is 57.0 Å². The molecule has 0 saturated heterocycles. The quantitative estimate of drug-likeness (QED) is 0.637. The maximum atomic E-state index is 11.6. The van der Waals surface area contributed by atoms with Crippen molar-refractivity contribution >= 4 is 22.8 Å². The zero-order valence-electron chi connectivity index (χ0n) is 14.3. The first-order valence-corrected chi connectivity index (χ1v) is 8.73. The molecule has 1 aromatic heterocycles. The second kappa shape index (κ2) is 6.88. The lowest BCUT2D eigenvalue weighted by Gasteiger charge is -2.43. The van der Waals surface area contributed by atoms with Crippen LogP contribution < -0.4 is 5.32 Å². The van der Waals surface area contributed by atoms with Gasteiger partial charge in [0, 0.05) is 29.9 Å². The van der Waals surface area contributed by atoms with E-state index in [0.29, 0.717) is 6.42 Å². The van der Waals surface area contributed by atoms with E-state index in [9.17, 15) is 9.90 Å². The number of carboxylic acids is 2. The van der Waals surface area contributed by atoms with Crippen LogP contribution in [0.4, 0.5) is 0 Å². The summed E-state index contributed by atoms with van der Waals surface area (Å²) in [6.45, 7) is 1.08. The van der Waals surface area contributed by atoms with Crippen LogP contribution in [0.25, 0.3) is 10.9 Å². The van der Waals surface area contributed by atoms with Crippen LogP contribution in [0.15, 0.2) is 24.3 Å². The van der Waals surface area contributed by atoms with Gasteiger partial charge in [0.1, 0.15) is 6.04 Å². The molecule has 6 nitrogen and oxygen atoms in total. The zero-order valence-corrected chi connectivity index (χ0v) is 14.3. The Morgan fingerprint density at radius 3 is 2.40 bits per heavy atom. The van der Waals surface area contributed by atoms with E-state index in [4.69, 9.17) is 9.90 Å². The van der Waals surface area contributed by atoms with Crippen molar-refractivity contribution in [2.75, 3.05) is 0 Å². The third-order valence-corrected chi connectivity index (χ3v) is 5.16. The number of fused-ring (bicyclic) bond motifs is 4. The van der Waals surface area contributed by atoms with E-state index >= 15 is 0 Å². The Hall–Kier alpha value is -2.34. The number of para-hydroxylation sites is 1. The molecule has 4 N–H and O–H groups in total. The molecule has 1 unspecified atom stereocenters. The molecule has 0 amide bonds. The summed E-state index contributed by atoms with van der Waals surface area (Å²) in [4.78, 5) is 24.2. The van der Waals surface area contributed by atoms with Crippen LogP contribution in [0.1, 0.15) is 50.3 Å². The molecule has 25 heavy (non-hydrogen) atoms. The lowest BCUT2D eigenvalue weighted by Crippen LogP contribution is -2.56. The van der Waals surface area contributed by atoms with Crippen LogP contribution >= 0.6 is 0 Å². The Morgan fingerprint density at radius 1 is 1.12 bits per heavy atom. The fourth-order valence-electron chi connectivity index (χ4n) is 4.18. The van der Waals surface area contributed by atoms with E-state index in [1.54, 1.807) is 0 Å². The van der Waals surface area contributed by atoms with E-state index in [1.807, 2.05) is 12.1 Å². The highest BCUT2D eigenvalue weighted by Gasteiger charge is 2.44. The molecule has 2 aromatic rings. The van der Waals surface area contributed by atoms with Gasteiger partial charge in [-0.2, -0.15) is 0 Å². The van der Waals surface area contributed by atoms with Gasteiger partial charge in [0.05, 0.1) is 5.54 Å². The molecular formula is C19H24N2O4. The Balaban J connectivity index is 0.000000415. The van der Waals surface area contributed by atoms with Gasteiger partial charge in [0.2, 0.25) is 0 Å². The average Bonchev–Trinajstić information content (AvgIpc) is 2.95. The standard InChI is InChI=1S/C17H20N2O2.C2H4O2/c20-16(21)14-10-12-11-6-2-3-7-13(11)18-15(12)17(19-14)8-4-1-5-9-17;1-2(3)4/h2-3,6-7,14,18-19H,1,4-5,8-10H2,(H,20,21);1H3,(H,3,4). The van der Waals surface area contributed by atoms with E-state index in [-0.39, 0.29) is 5.54 Å². The summed E-state index contributed by atoms with van der Waals surface area (Å²) in [6.07, 6.45) is 6.18. The molecule has 1 fully saturated rings. The minimum Gasteiger partial charge on any atom is -0.481 e. The van der Waals surface area contributed by atoms with E-state index in [1.165, 1.54) is 23.1 Å². The fraction of sp³-hybridized carbons (Fsp3) is 0.474. The molecule has 0 bridgehead atoms. The maximum Gasteiger partial charge on any atom is 0.321 e. The molecule has 1 saturated carbocycles. The highest BCUT2D eigenvalue weighted by molar-refractivity contribution is 5.87. The molecule has 6 heteroatoms. The fourth-order valence-corrected chi connectivity index (χ4v) is 4.18. The Morgan fingerprint density at radius 2 is 1.76 bits per heavy atom. The number of nitrogens with one attached hydrogen (secondary N) is 2. The van der Waals surface area contributed by atoms with Gasteiger partial charge in [0.25, 0.3) is 5.97 Å². The van der Waals surface area contributed by atoms with Gasteiger partial charge < -0.3 is 15.2 Å². The first kappa shape index (κ1) is 17.5. The summed E-state index contributed by atoms with van der Waals surface area (Å²) in [5, 5.41) is 21.6. The Labute approximate surface area is 146 Å². The predicted octanol–water partition coefficient (Wildman–Crippen LogP) is 3.02. The van der Waals surface area contributed by atoms with Crippen molar-refractivity contribution in [3.8, 4) is 0 Å². The highest BCUT2D eigenvalue weighted by atomic mass is 16.4. The van der Waals surface area contributed by atoms with Crippen molar-refractivity contribution < 1.29 is 19.8 Å². The number of aromatic amines is 1. The predicted molar refractivity (Wildman–Crippen MR) is 94.6 cm³/mol. The van der Waals surface area contributed by atoms with Crippen molar-refractivity contribution in [1.82, 2.24) is 10.3 Å². The summed E-state index contributed by atoms with van der Waals surface area (Å²) >= 11 is 0. The minimum absolute atomic E-state index is 0.173. The minimum atomic E-state index is -0.833. The molecule has 1 aliphatic heterocycles. The van der Waals surface area contributed by atoms with Crippen LogP contribution in [-0.4, -0.2) is 33.2 Å². The number of carboxylic acid groups (broad SMARTS) is 2. The van der Waals surface area contributed by atoms with Gasteiger partial charge in [-0.05, 0) is 24.5 Å².